The molecule has 6 nitrogen and oxygen atoms in total. The number of halogens is 3. The van der Waals surface area contributed by atoms with E-state index in [2.05, 4.69) is 20.4 Å². The molecule has 2 aromatic carbocycles. The number of alkyl halides is 2. The number of aryl methyl sites for hydroxylation is 1. The fourth-order valence-corrected chi connectivity index (χ4v) is 2.88. The second-order valence-electron chi connectivity index (χ2n) is 6.83. The van der Waals surface area contributed by atoms with E-state index in [1.54, 1.807) is 31.1 Å². The van der Waals surface area contributed by atoms with Gasteiger partial charge in [0.15, 0.2) is 5.96 Å². The van der Waals surface area contributed by atoms with Gasteiger partial charge in [-0.3, -0.25) is 9.79 Å². The molecule has 0 aliphatic rings. The number of amides is 1. The van der Waals surface area contributed by atoms with Gasteiger partial charge < -0.3 is 20.3 Å². The van der Waals surface area contributed by atoms with Crippen LogP contribution in [0, 0.1) is 6.92 Å². The Morgan fingerprint density at radius 3 is 2.52 bits per heavy atom. The van der Waals surface area contributed by atoms with Crippen molar-refractivity contribution in [3.05, 3.63) is 65.2 Å². The number of hydrogen-bond donors (Lipinski definition) is 2. The van der Waals surface area contributed by atoms with Gasteiger partial charge in [-0.05, 0) is 18.6 Å². The highest BCUT2D eigenvalue weighted by Gasteiger charge is 2.12. The first-order valence-electron chi connectivity index (χ1n) is 9.65. The van der Waals surface area contributed by atoms with E-state index in [1.165, 1.54) is 6.07 Å². The largest absolute Gasteiger partial charge is 0.434 e. The number of guanidine groups is 1. The average molecular weight is 546 g/mol. The number of nitrogens with zero attached hydrogens (tertiary/aromatic N) is 2. The maximum atomic E-state index is 12.6. The van der Waals surface area contributed by atoms with Crippen molar-refractivity contribution in [2.75, 3.05) is 20.6 Å². The molecule has 0 fully saturated rings. The van der Waals surface area contributed by atoms with Crippen molar-refractivity contribution < 1.29 is 18.3 Å². The van der Waals surface area contributed by atoms with E-state index >= 15 is 0 Å². The summed E-state index contributed by atoms with van der Waals surface area (Å²) in [6.45, 7) is 0.187. The summed E-state index contributed by atoms with van der Waals surface area (Å²) >= 11 is 0. The van der Waals surface area contributed by atoms with Crippen LogP contribution >= 0.6 is 24.0 Å². The van der Waals surface area contributed by atoms with Crippen molar-refractivity contribution in [1.82, 2.24) is 15.5 Å². The van der Waals surface area contributed by atoms with Crippen molar-refractivity contribution in [3.63, 3.8) is 0 Å². The minimum atomic E-state index is -2.89. The van der Waals surface area contributed by atoms with E-state index in [4.69, 9.17) is 0 Å². The molecule has 0 aromatic heterocycles. The molecule has 0 spiro atoms. The molecule has 0 atom stereocenters. The third kappa shape index (κ3) is 9.50. The summed E-state index contributed by atoms with van der Waals surface area (Å²) < 4.78 is 29.8. The third-order valence-electron chi connectivity index (χ3n) is 4.42. The zero-order valence-corrected chi connectivity index (χ0v) is 20.2. The minimum absolute atomic E-state index is 0. The van der Waals surface area contributed by atoms with Crippen molar-refractivity contribution >= 4 is 35.8 Å². The van der Waals surface area contributed by atoms with Crippen molar-refractivity contribution in [3.8, 4) is 5.75 Å². The monoisotopic (exact) mass is 546 g/mol. The summed E-state index contributed by atoms with van der Waals surface area (Å²) in [5.41, 5.74) is 2.60. The Kier molecular flexibility index (Phi) is 11.8. The first kappa shape index (κ1) is 26.6. The van der Waals surface area contributed by atoms with Gasteiger partial charge in [-0.1, -0.05) is 48.0 Å². The van der Waals surface area contributed by atoms with Crippen LogP contribution in [0.5, 0.6) is 5.75 Å². The zero-order valence-electron chi connectivity index (χ0n) is 17.9. The Bertz CT molecular complexity index is 851. The SMILES string of the molecule is CN=C(NCCC(=O)N(C)Cc1ccccc1)NCc1cc(C)ccc1OC(F)F.I. The minimum Gasteiger partial charge on any atom is -0.434 e. The van der Waals surface area contributed by atoms with Crippen molar-refractivity contribution in [1.29, 1.82) is 0 Å². The lowest BCUT2D eigenvalue weighted by Gasteiger charge is -2.18. The van der Waals surface area contributed by atoms with E-state index in [9.17, 15) is 13.6 Å². The fraction of sp³-hybridized carbons (Fsp3) is 0.364. The molecule has 1 amide bonds. The molecule has 9 heteroatoms. The van der Waals surface area contributed by atoms with Crippen LogP contribution in [-0.4, -0.2) is 44.0 Å². The quantitative estimate of drug-likeness (QED) is 0.284. The number of carbonyl (C=O) groups is 1. The first-order valence-corrected chi connectivity index (χ1v) is 9.65. The van der Waals surface area contributed by atoms with Crippen LogP contribution in [0.3, 0.4) is 0 Å². The van der Waals surface area contributed by atoms with Crippen LogP contribution in [0.15, 0.2) is 53.5 Å². The number of ether oxygens (including phenoxy) is 1. The molecule has 0 bridgehead atoms. The van der Waals surface area contributed by atoms with Gasteiger partial charge in [-0.2, -0.15) is 8.78 Å². The summed E-state index contributed by atoms with van der Waals surface area (Å²) in [7, 11) is 3.37. The highest BCUT2D eigenvalue weighted by Crippen LogP contribution is 2.21. The Hall–Kier alpha value is -2.43. The van der Waals surface area contributed by atoms with Crippen LogP contribution in [0.4, 0.5) is 8.78 Å². The normalized spacial score (nSPS) is 11.0. The number of hydrogen-bond acceptors (Lipinski definition) is 3. The first-order chi connectivity index (χ1) is 14.4. The highest BCUT2D eigenvalue weighted by atomic mass is 127. The molecule has 31 heavy (non-hydrogen) atoms. The number of rotatable bonds is 9. The average Bonchev–Trinajstić information content (AvgIpc) is 2.72. The topological polar surface area (TPSA) is 66.0 Å². The van der Waals surface area contributed by atoms with Crippen LogP contribution in [0.1, 0.15) is 23.1 Å². The molecule has 170 valence electrons. The van der Waals surface area contributed by atoms with Crippen LogP contribution < -0.4 is 15.4 Å². The third-order valence-corrected chi connectivity index (χ3v) is 4.42. The number of carbonyl (C=O) groups excluding carboxylic acids is 1. The standard InChI is InChI=1S/C22H28F2N4O2.HI/c1-16-9-10-19(30-21(23)24)18(13-16)14-27-22(25-2)26-12-11-20(29)28(3)15-17-7-5-4-6-8-17;/h4-10,13,21H,11-12,14-15H2,1-3H3,(H2,25,26,27);1H. The van der Waals surface area contributed by atoms with Gasteiger partial charge in [0, 0.05) is 45.7 Å². The van der Waals surface area contributed by atoms with Gasteiger partial charge in [-0.15, -0.1) is 24.0 Å². The summed E-state index contributed by atoms with van der Waals surface area (Å²) in [5.74, 6) is 0.599. The molecule has 0 heterocycles. The lowest BCUT2D eigenvalue weighted by atomic mass is 10.1. The Morgan fingerprint density at radius 1 is 1.16 bits per heavy atom. The number of aliphatic imine (C=N–C) groups is 1. The number of benzene rings is 2. The van der Waals surface area contributed by atoms with E-state index < -0.39 is 6.61 Å². The maximum Gasteiger partial charge on any atom is 0.387 e. The molecule has 0 radical (unpaired) electrons. The van der Waals surface area contributed by atoms with Crippen molar-refractivity contribution in [2.45, 2.75) is 33.0 Å². The van der Waals surface area contributed by atoms with Crippen LogP contribution in [0.2, 0.25) is 0 Å². The fourth-order valence-electron chi connectivity index (χ4n) is 2.88. The lowest BCUT2D eigenvalue weighted by Crippen LogP contribution is -2.39. The Balaban J connectivity index is 0.00000480. The molecule has 2 rings (SSSR count). The lowest BCUT2D eigenvalue weighted by molar-refractivity contribution is -0.130. The van der Waals surface area contributed by atoms with Gasteiger partial charge in [0.1, 0.15) is 5.75 Å². The van der Waals surface area contributed by atoms with E-state index in [0.29, 0.717) is 31.0 Å². The summed E-state index contributed by atoms with van der Waals surface area (Å²) in [5, 5.41) is 6.13. The summed E-state index contributed by atoms with van der Waals surface area (Å²) in [4.78, 5) is 18.1. The summed E-state index contributed by atoms with van der Waals surface area (Å²) in [6, 6.07) is 14.8. The van der Waals surface area contributed by atoms with Gasteiger partial charge in [0.25, 0.3) is 0 Å². The van der Waals surface area contributed by atoms with Crippen LogP contribution in [-0.2, 0) is 17.9 Å². The predicted octanol–water partition coefficient (Wildman–Crippen LogP) is 3.93. The zero-order chi connectivity index (χ0) is 21.9. The number of nitrogens with one attached hydrogen (secondary N) is 2. The molecule has 0 saturated heterocycles. The Morgan fingerprint density at radius 2 is 1.87 bits per heavy atom. The predicted molar refractivity (Wildman–Crippen MR) is 129 cm³/mol. The molecular weight excluding hydrogens is 517 g/mol. The molecule has 0 saturated carbocycles. The van der Waals surface area contributed by atoms with Gasteiger partial charge in [0.05, 0.1) is 0 Å². The van der Waals surface area contributed by atoms with Crippen LogP contribution in [0.25, 0.3) is 0 Å². The molecule has 0 aliphatic heterocycles. The van der Waals surface area contributed by atoms with Gasteiger partial charge in [-0.25, -0.2) is 0 Å². The Labute approximate surface area is 199 Å². The maximum absolute atomic E-state index is 12.6. The molecular formula is C22H29F2IN4O2. The van der Waals surface area contributed by atoms with E-state index in [-0.39, 0.29) is 42.2 Å². The highest BCUT2D eigenvalue weighted by molar-refractivity contribution is 14.0. The van der Waals surface area contributed by atoms with E-state index in [0.717, 1.165) is 11.1 Å². The molecule has 2 N–H and O–H groups in total. The van der Waals surface area contributed by atoms with Gasteiger partial charge >= 0.3 is 6.61 Å². The van der Waals surface area contributed by atoms with E-state index in [1.807, 2.05) is 37.3 Å². The molecule has 0 unspecified atom stereocenters. The second-order valence-corrected chi connectivity index (χ2v) is 6.83. The molecule has 0 aliphatic carbocycles. The molecule has 2 aromatic rings. The second kappa shape index (κ2) is 13.8. The van der Waals surface area contributed by atoms with Crippen molar-refractivity contribution in [2.24, 2.45) is 4.99 Å². The smallest absolute Gasteiger partial charge is 0.387 e. The van der Waals surface area contributed by atoms with Gasteiger partial charge in [0.2, 0.25) is 5.91 Å². The summed E-state index contributed by atoms with van der Waals surface area (Å²) in [6.07, 6.45) is 0.300.